The molecule has 1 saturated carbocycles. The normalized spacial score (nSPS) is 25.6. The van der Waals surface area contributed by atoms with Crippen LogP contribution in [0.15, 0.2) is 18.2 Å². The highest BCUT2D eigenvalue weighted by Gasteiger charge is 2.23. The van der Waals surface area contributed by atoms with Crippen molar-refractivity contribution in [1.29, 1.82) is 0 Å². The molecule has 88 valence electrons. The summed E-state index contributed by atoms with van der Waals surface area (Å²) in [6, 6.07) is 5.55. The molecule has 1 aromatic carbocycles. The summed E-state index contributed by atoms with van der Waals surface area (Å²) in [7, 11) is 2.00. The van der Waals surface area contributed by atoms with Crippen molar-refractivity contribution >= 4 is 0 Å². The number of aromatic hydroxyl groups is 2. The summed E-state index contributed by atoms with van der Waals surface area (Å²) in [6.07, 6.45) is 4.51. The summed E-state index contributed by atoms with van der Waals surface area (Å²) in [6.45, 7) is 0. The minimum absolute atomic E-state index is 0.130. The van der Waals surface area contributed by atoms with Crippen molar-refractivity contribution in [3.8, 4) is 11.5 Å². The van der Waals surface area contributed by atoms with Crippen molar-refractivity contribution in [2.75, 3.05) is 7.05 Å². The van der Waals surface area contributed by atoms with E-state index in [-0.39, 0.29) is 11.5 Å². The predicted molar refractivity (Wildman–Crippen MR) is 63.8 cm³/mol. The fourth-order valence-corrected chi connectivity index (χ4v) is 2.57. The largest absolute Gasteiger partial charge is 0.508 e. The van der Waals surface area contributed by atoms with E-state index < -0.39 is 0 Å². The van der Waals surface area contributed by atoms with Crippen LogP contribution in [0.3, 0.4) is 0 Å². The minimum atomic E-state index is 0.130. The van der Waals surface area contributed by atoms with Gasteiger partial charge in [0, 0.05) is 12.1 Å². The Kier molecular flexibility index (Phi) is 3.34. The summed E-state index contributed by atoms with van der Waals surface area (Å²) in [5.74, 6) is 0.795. The van der Waals surface area contributed by atoms with Gasteiger partial charge in [0.2, 0.25) is 0 Å². The van der Waals surface area contributed by atoms with Crippen molar-refractivity contribution in [3.05, 3.63) is 23.8 Å². The lowest BCUT2D eigenvalue weighted by atomic mass is 9.81. The summed E-state index contributed by atoms with van der Waals surface area (Å²) >= 11 is 0. The Labute approximate surface area is 96.1 Å². The molecular weight excluding hydrogens is 202 g/mol. The lowest BCUT2D eigenvalue weighted by Crippen LogP contribution is -2.29. The second-order valence-electron chi connectivity index (χ2n) is 4.58. The lowest BCUT2D eigenvalue weighted by molar-refractivity contribution is 0.350. The topological polar surface area (TPSA) is 52.5 Å². The molecule has 1 fully saturated rings. The van der Waals surface area contributed by atoms with Gasteiger partial charge in [0.15, 0.2) is 0 Å². The maximum Gasteiger partial charge on any atom is 0.122 e. The van der Waals surface area contributed by atoms with Gasteiger partial charge in [-0.2, -0.15) is 0 Å². The zero-order valence-corrected chi connectivity index (χ0v) is 9.61. The van der Waals surface area contributed by atoms with Crippen molar-refractivity contribution in [2.45, 2.75) is 37.6 Å². The van der Waals surface area contributed by atoms with Crippen LogP contribution in [0.5, 0.6) is 11.5 Å². The molecule has 0 bridgehead atoms. The van der Waals surface area contributed by atoms with Gasteiger partial charge in [-0.05, 0) is 50.3 Å². The Balaban J connectivity index is 2.08. The first kappa shape index (κ1) is 11.3. The van der Waals surface area contributed by atoms with Gasteiger partial charge < -0.3 is 15.5 Å². The highest BCUT2D eigenvalue weighted by atomic mass is 16.3. The third-order valence-electron chi connectivity index (χ3n) is 3.59. The molecule has 3 heteroatoms. The fraction of sp³-hybridized carbons (Fsp3) is 0.538. The van der Waals surface area contributed by atoms with E-state index in [1.165, 1.54) is 6.07 Å². The number of hydrogen-bond donors (Lipinski definition) is 3. The smallest absolute Gasteiger partial charge is 0.122 e. The molecule has 0 unspecified atom stereocenters. The Morgan fingerprint density at radius 1 is 1.12 bits per heavy atom. The molecule has 0 spiro atoms. The second kappa shape index (κ2) is 4.74. The van der Waals surface area contributed by atoms with E-state index in [4.69, 9.17) is 0 Å². The zero-order valence-electron chi connectivity index (χ0n) is 9.61. The first-order valence-electron chi connectivity index (χ1n) is 5.90. The van der Waals surface area contributed by atoms with Gasteiger partial charge in [-0.15, -0.1) is 0 Å². The highest BCUT2D eigenvalue weighted by molar-refractivity contribution is 5.41. The van der Waals surface area contributed by atoms with E-state index in [0.717, 1.165) is 31.2 Å². The molecule has 1 aliphatic carbocycles. The fourth-order valence-electron chi connectivity index (χ4n) is 2.57. The molecule has 2 rings (SSSR count). The van der Waals surface area contributed by atoms with E-state index in [2.05, 4.69) is 5.32 Å². The quantitative estimate of drug-likeness (QED) is 0.718. The van der Waals surface area contributed by atoms with E-state index in [1.807, 2.05) is 13.1 Å². The molecule has 0 amide bonds. The maximum absolute atomic E-state index is 9.79. The molecule has 0 heterocycles. The standard InChI is InChI=1S/C13H19NO2/c1-14-10-4-2-9(3-5-10)12-7-6-11(15)8-13(12)16/h6-10,14-16H,2-5H2,1H3. The van der Waals surface area contributed by atoms with Crippen molar-refractivity contribution in [1.82, 2.24) is 5.32 Å². The average Bonchev–Trinajstić information content (AvgIpc) is 2.29. The van der Waals surface area contributed by atoms with Gasteiger partial charge >= 0.3 is 0 Å². The third-order valence-corrected chi connectivity index (χ3v) is 3.59. The molecule has 1 aliphatic rings. The van der Waals surface area contributed by atoms with Crippen molar-refractivity contribution in [2.24, 2.45) is 0 Å². The molecule has 0 saturated heterocycles. The number of rotatable bonds is 2. The van der Waals surface area contributed by atoms with Crippen LogP contribution >= 0.6 is 0 Å². The first-order valence-corrected chi connectivity index (χ1v) is 5.90. The monoisotopic (exact) mass is 221 g/mol. The molecule has 3 nitrogen and oxygen atoms in total. The summed E-state index contributed by atoms with van der Waals surface area (Å²) in [5.41, 5.74) is 0.979. The van der Waals surface area contributed by atoms with Gasteiger partial charge in [0.05, 0.1) is 0 Å². The summed E-state index contributed by atoms with van der Waals surface area (Å²) in [4.78, 5) is 0. The second-order valence-corrected chi connectivity index (χ2v) is 4.58. The number of phenolic OH excluding ortho intramolecular Hbond substituents is 2. The lowest BCUT2D eigenvalue weighted by Gasteiger charge is -2.28. The van der Waals surface area contributed by atoms with E-state index in [0.29, 0.717) is 12.0 Å². The third kappa shape index (κ3) is 2.30. The average molecular weight is 221 g/mol. The van der Waals surface area contributed by atoms with Gasteiger partial charge in [-0.1, -0.05) is 6.07 Å². The Bertz CT molecular complexity index is 357. The Hall–Kier alpha value is -1.22. The Morgan fingerprint density at radius 3 is 2.38 bits per heavy atom. The molecule has 0 atom stereocenters. The van der Waals surface area contributed by atoms with Crippen LogP contribution in [0.4, 0.5) is 0 Å². The van der Waals surface area contributed by atoms with Gasteiger partial charge in [0.1, 0.15) is 11.5 Å². The number of benzene rings is 1. The maximum atomic E-state index is 9.79. The first-order chi connectivity index (χ1) is 7.70. The molecule has 1 aromatic rings. The van der Waals surface area contributed by atoms with Crippen molar-refractivity contribution < 1.29 is 10.2 Å². The molecule has 3 N–H and O–H groups in total. The Morgan fingerprint density at radius 2 is 1.81 bits per heavy atom. The molecule has 0 radical (unpaired) electrons. The van der Waals surface area contributed by atoms with Crippen LogP contribution in [-0.4, -0.2) is 23.3 Å². The van der Waals surface area contributed by atoms with Crippen LogP contribution in [0.25, 0.3) is 0 Å². The van der Waals surface area contributed by atoms with Crippen molar-refractivity contribution in [3.63, 3.8) is 0 Å². The van der Waals surface area contributed by atoms with Crippen LogP contribution < -0.4 is 5.32 Å². The number of hydrogen-bond acceptors (Lipinski definition) is 3. The van der Waals surface area contributed by atoms with E-state index in [1.54, 1.807) is 6.07 Å². The van der Waals surface area contributed by atoms with Crippen LogP contribution in [0.1, 0.15) is 37.2 Å². The molecular formula is C13H19NO2. The predicted octanol–water partition coefficient (Wildman–Crippen LogP) is 2.34. The van der Waals surface area contributed by atoms with Gasteiger partial charge in [0.25, 0.3) is 0 Å². The SMILES string of the molecule is CNC1CCC(c2ccc(O)cc2O)CC1. The van der Waals surface area contributed by atoms with E-state index in [9.17, 15) is 10.2 Å². The summed E-state index contributed by atoms with van der Waals surface area (Å²) in [5, 5.41) is 22.3. The number of phenols is 2. The van der Waals surface area contributed by atoms with Gasteiger partial charge in [-0.25, -0.2) is 0 Å². The minimum Gasteiger partial charge on any atom is -0.508 e. The molecule has 0 aliphatic heterocycles. The highest BCUT2D eigenvalue weighted by Crippen LogP contribution is 2.38. The van der Waals surface area contributed by atoms with Gasteiger partial charge in [-0.3, -0.25) is 0 Å². The van der Waals surface area contributed by atoms with Crippen LogP contribution in [0.2, 0.25) is 0 Å². The molecule has 16 heavy (non-hydrogen) atoms. The zero-order chi connectivity index (χ0) is 11.5. The van der Waals surface area contributed by atoms with E-state index >= 15 is 0 Å². The van der Waals surface area contributed by atoms with Crippen LogP contribution in [0, 0.1) is 0 Å². The number of nitrogens with one attached hydrogen (secondary N) is 1. The summed E-state index contributed by atoms with van der Waals surface area (Å²) < 4.78 is 0. The molecule has 0 aromatic heterocycles. The van der Waals surface area contributed by atoms with Crippen LogP contribution in [-0.2, 0) is 0 Å².